The summed E-state index contributed by atoms with van der Waals surface area (Å²) in [6.07, 6.45) is 0. The molecule has 0 fully saturated rings. The highest BCUT2D eigenvalue weighted by atomic mass is 32.2. The second kappa shape index (κ2) is 8.14. The summed E-state index contributed by atoms with van der Waals surface area (Å²) in [6.45, 7) is 1.39. The molecule has 0 aliphatic heterocycles. The Hall–Kier alpha value is -3.32. The van der Waals surface area contributed by atoms with Crippen LogP contribution in [0.2, 0.25) is 0 Å². The molecular weight excluding hydrogens is 374 g/mol. The van der Waals surface area contributed by atoms with Gasteiger partial charge in [0, 0.05) is 36.7 Å². The molecule has 3 aromatic rings. The molecule has 2 N–H and O–H groups in total. The maximum absolute atomic E-state index is 12.6. The zero-order valence-corrected chi connectivity index (χ0v) is 16.4. The van der Waals surface area contributed by atoms with Crippen LogP contribution in [0.4, 0.5) is 22.7 Å². The third kappa shape index (κ3) is 4.69. The van der Waals surface area contributed by atoms with Gasteiger partial charge in [-0.2, -0.15) is 0 Å². The summed E-state index contributed by atoms with van der Waals surface area (Å²) in [5.41, 5.74) is 2.99. The molecule has 0 heterocycles. The van der Waals surface area contributed by atoms with E-state index in [1.807, 2.05) is 54.4 Å². The van der Waals surface area contributed by atoms with Crippen molar-refractivity contribution < 1.29 is 13.2 Å². The molecule has 0 bridgehead atoms. The van der Waals surface area contributed by atoms with Gasteiger partial charge in [-0.25, -0.2) is 8.42 Å². The minimum absolute atomic E-state index is 0.118. The van der Waals surface area contributed by atoms with E-state index in [2.05, 4.69) is 10.0 Å². The van der Waals surface area contributed by atoms with E-state index in [1.165, 1.54) is 19.1 Å². The van der Waals surface area contributed by atoms with Gasteiger partial charge in [0.05, 0.1) is 4.90 Å². The molecule has 0 radical (unpaired) electrons. The predicted molar refractivity (Wildman–Crippen MR) is 113 cm³/mol. The topological polar surface area (TPSA) is 78.5 Å². The lowest BCUT2D eigenvalue weighted by Gasteiger charge is -2.19. The lowest BCUT2D eigenvalue weighted by Crippen LogP contribution is -2.14. The van der Waals surface area contributed by atoms with E-state index in [9.17, 15) is 13.2 Å². The number of benzene rings is 3. The summed E-state index contributed by atoms with van der Waals surface area (Å²) in [5.74, 6) is -0.214. The SMILES string of the molecule is CC(=O)Nc1ccc(S(=O)(=O)Nc2ccc(N(C)c3ccccc3)cc2)cc1. The van der Waals surface area contributed by atoms with Crippen molar-refractivity contribution in [1.82, 2.24) is 0 Å². The molecule has 7 heteroatoms. The standard InChI is InChI=1S/C21H21N3O3S/c1-16(25)22-17-10-14-21(15-11-17)28(26,27)23-18-8-12-20(13-9-18)24(2)19-6-4-3-5-7-19/h3-15,23H,1-2H3,(H,22,25). The summed E-state index contributed by atoms with van der Waals surface area (Å²) >= 11 is 0. The van der Waals surface area contributed by atoms with E-state index in [0.717, 1.165) is 11.4 Å². The fourth-order valence-electron chi connectivity index (χ4n) is 2.69. The second-order valence-electron chi connectivity index (χ2n) is 6.25. The number of rotatable bonds is 6. The highest BCUT2D eigenvalue weighted by Crippen LogP contribution is 2.25. The first kappa shape index (κ1) is 19.4. The number of sulfonamides is 1. The lowest BCUT2D eigenvalue weighted by atomic mass is 10.2. The Morgan fingerprint density at radius 3 is 1.89 bits per heavy atom. The first-order valence-electron chi connectivity index (χ1n) is 8.64. The van der Waals surface area contributed by atoms with Crippen molar-refractivity contribution in [1.29, 1.82) is 0 Å². The van der Waals surface area contributed by atoms with E-state index < -0.39 is 10.0 Å². The van der Waals surface area contributed by atoms with Crippen LogP contribution in [0.25, 0.3) is 0 Å². The minimum Gasteiger partial charge on any atom is -0.345 e. The minimum atomic E-state index is -3.72. The Kier molecular flexibility index (Phi) is 5.65. The Morgan fingerprint density at radius 1 is 0.786 bits per heavy atom. The first-order chi connectivity index (χ1) is 13.3. The summed E-state index contributed by atoms with van der Waals surface area (Å²) in [4.78, 5) is 13.2. The van der Waals surface area contributed by atoms with E-state index in [4.69, 9.17) is 0 Å². The van der Waals surface area contributed by atoms with Crippen molar-refractivity contribution in [2.24, 2.45) is 0 Å². The molecule has 0 spiro atoms. The van der Waals surface area contributed by atoms with Gasteiger partial charge in [0.2, 0.25) is 5.91 Å². The normalized spacial score (nSPS) is 10.9. The molecule has 0 aliphatic rings. The Balaban J connectivity index is 1.73. The van der Waals surface area contributed by atoms with Gasteiger partial charge in [0.1, 0.15) is 0 Å². The fraction of sp³-hybridized carbons (Fsp3) is 0.0952. The maximum Gasteiger partial charge on any atom is 0.261 e. The van der Waals surface area contributed by atoms with Gasteiger partial charge >= 0.3 is 0 Å². The second-order valence-corrected chi connectivity index (χ2v) is 7.93. The van der Waals surface area contributed by atoms with E-state index in [0.29, 0.717) is 11.4 Å². The molecule has 3 rings (SSSR count). The Labute approximate surface area is 164 Å². The molecule has 1 amide bonds. The van der Waals surface area contributed by atoms with E-state index in [-0.39, 0.29) is 10.8 Å². The van der Waals surface area contributed by atoms with Crippen LogP contribution in [0.15, 0.2) is 83.8 Å². The van der Waals surface area contributed by atoms with Crippen molar-refractivity contribution in [2.75, 3.05) is 22.0 Å². The summed E-state index contributed by atoms with van der Waals surface area (Å²) < 4.78 is 27.7. The van der Waals surface area contributed by atoms with Gasteiger partial charge in [0.25, 0.3) is 10.0 Å². The number of carbonyl (C=O) groups excluding carboxylic acids is 1. The molecule has 0 aliphatic carbocycles. The van der Waals surface area contributed by atoms with Crippen LogP contribution in [-0.4, -0.2) is 21.4 Å². The highest BCUT2D eigenvalue weighted by molar-refractivity contribution is 7.92. The van der Waals surface area contributed by atoms with Crippen LogP contribution >= 0.6 is 0 Å². The molecule has 0 aromatic heterocycles. The van der Waals surface area contributed by atoms with Gasteiger partial charge in [-0.15, -0.1) is 0 Å². The third-order valence-electron chi connectivity index (χ3n) is 4.14. The fourth-order valence-corrected chi connectivity index (χ4v) is 3.75. The number of nitrogens with zero attached hydrogens (tertiary/aromatic N) is 1. The Morgan fingerprint density at radius 2 is 1.32 bits per heavy atom. The van der Waals surface area contributed by atoms with Gasteiger partial charge in [-0.3, -0.25) is 9.52 Å². The highest BCUT2D eigenvalue weighted by Gasteiger charge is 2.14. The van der Waals surface area contributed by atoms with Crippen molar-refractivity contribution >= 4 is 38.7 Å². The molecular formula is C21H21N3O3S. The summed E-state index contributed by atoms with van der Waals surface area (Å²) in [7, 11) is -1.77. The maximum atomic E-state index is 12.6. The smallest absolute Gasteiger partial charge is 0.261 e. The van der Waals surface area contributed by atoms with E-state index in [1.54, 1.807) is 24.3 Å². The van der Waals surface area contributed by atoms with Crippen LogP contribution in [0.5, 0.6) is 0 Å². The Bertz CT molecular complexity index is 1050. The van der Waals surface area contributed by atoms with Gasteiger partial charge in [-0.1, -0.05) is 18.2 Å². The largest absolute Gasteiger partial charge is 0.345 e. The van der Waals surface area contributed by atoms with Crippen molar-refractivity contribution in [2.45, 2.75) is 11.8 Å². The number of para-hydroxylation sites is 1. The number of nitrogens with one attached hydrogen (secondary N) is 2. The van der Waals surface area contributed by atoms with Crippen LogP contribution in [0, 0.1) is 0 Å². The average molecular weight is 395 g/mol. The van der Waals surface area contributed by atoms with Gasteiger partial charge in [-0.05, 0) is 60.7 Å². The van der Waals surface area contributed by atoms with Crippen LogP contribution in [0.3, 0.4) is 0 Å². The van der Waals surface area contributed by atoms with Crippen LogP contribution in [0.1, 0.15) is 6.92 Å². The predicted octanol–water partition coefficient (Wildman–Crippen LogP) is 4.21. The number of hydrogen-bond donors (Lipinski definition) is 2. The molecule has 144 valence electrons. The van der Waals surface area contributed by atoms with Crippen molar-refractivity contribution in [3.63, 3.8) is 0 Å². The third-order valence-corrected chi connectivity index (χ3v) is 5.53. The van der Waals surface area contributed by atoms with Crippen molar-refractivity contribution in [3.05, 3.63) is 78.9 Å². The molecule has 28 heavy (non-hydrogen) atoms. The zero-order chi connectivity index (χ0) is 20.1. The first-order valence-corrected chi connectivity index (χ1v) is 10.1. The summed E-state index contributed by atoms with van der Waals surface area (Å²) in [6, 6.07) is 23.0. The molecule has 0 unspecified atom stereocenters. The number of amides is 1. The van der Waals surface area contributed by atoms with E-state index >= 15 is 0 Å². The van der Waals surface area contributed by atoms with Gasteiger partial charge < -0.3 is 10.2 Å². The molecule has 0 saturated carbocycles. The monoisotopic (exact) mass is 395 g/mol. The quantitative estimate of drug-likeness (QED) is 0.655. The zero-order valence-electron chi connectivity index (χ0n) is 15.6. The van der Waals surface area contributed by atoms with Crippen molar-refractivity contribution in [3.8, 4) is 0 Å². The molecule has 0 saturated heterocycles. The van der Waals surface area contributed by atoms with Gasteiger partial charge in [0.15, 0.2) is 0 Å². The summed E-state index contributed by atoms with van der Waals surface area (Å²) in [5, 5.41) is 2.60. The number of carbonyl (C=O) groups is 1. The average Bonchev–Trinajstić information content (AvgIpc) is 2.68. The molecule has 3 aromatic carbocycles. The number of hydrogen-bond acceptors (Lipinski definition) is 4. The number of anilines is 4. The molecule has 6 nitrogen and oxygen atoms in total. The van der Waals surface area contributed by atoms with Crippen LogP contribution in [-0.2, 0) is 14.8 Å². The lowest BCUT2D eigenvalue weighted by molar-refractivity contribution is -0.114. The molecule has 0 atom stereocenters. The van der Waals surface area contributed by atoms with Crippen LogP contribution < -0.4 is 14.9 Å².